The van der Waals surface area contributed by atoms with E-state index in [1.807, 2.05) is 30.0 Å². The number of benzene rings is 2. The molecule has 176 valence electrons. The summed E-state index contributed by atoms with van der Waals surface area (Å²) in [5.74, 6) is -0.438. The normalized spacial score (nSPS) is 19.1. The van der Waals surface area contributed by atoms with Gasteiger partial charge in [-0.15, -0.1) is 11.3 Å². The Morgan fingerprint density at radius 2 is 1.94 bits per heavy atom. The van der Waals surface area contributed by atoms with E-state index in [-0.39, 0.29) is 23.7 Å². The maximum Gasteiger partial charge on any atom is 0.282 e. The lowest BCUT2D eigenvalue weighted by atomic mass is 10.00. The molecule has 34 heavy (non-hydrogen) atoms. The minimum absolute atomic E-state index is 0.0179. The minimum atomic E-state index is -0.382. The molecule has 0 bridgehead atoms. The number of rotatable bonds is 4. The summed E-state index contributed by atoms with van der Waals surface area (Å²) in [6.07, 6.45) is 2.02. The first kappa shape index (κ1) is 23.0. The lowest BCUT2D eigenvalue weighted by Gasteiger charge is -2.37. The predicted octanol–water partition coefficient (Wildman–Crippen LogP) is 4.47. The summed E-state index contributed by atoms with van der Waals surface area (Å²) in [6, 6.07) is 10.3. The van der Waals surface area contributed by atoms with Crippen LogP contribution in [0.25, 0.3) is 11.1 Å². The highest BCUT2D eigenvalue weighted by Gasteiger charge is 2.36. The van der Waals surface area contributed by atoms with Crippen LogP contribution in [0.2, 0.25) is 5.02 Å². The molecule has 3 heterocycles. The highest BCUT2D eigenvalue weighted by atomic mass is 35.5. The van der Waals surface area contributed by atoms with E-state index in [1.165, 1.54) is 23.5 Å². The monoisotopic (exact) mass is 498 g/mol. The first-order valence-corrected chi connectivity index (χ1v) is 12.4. The standard InChI is InChI=1S/C25H24ClFN4O2S/c1-16-10-18(26)2-3-22(16)17-11-19(27)13-20(12-17)31-15-21(14-23(31)32)29-5-7-30(8-6-29)25(33)24-28-4-9-34-24/h2-4,9-13,21H,5-8,14-15H2,1H3. The van der Waals surface area contributed by atoms with E-state index < -0.39 is 0 Å². The summed E-state index contributed by atoms with van der Waals surface area (Å²) in [4.78, 5) is 35.3. The fourth-order valence-corrected chi connectivity index (χ4v) is 5.60. The molecule has 0 N–H and O–H groups in total. The Labute approximate surface area is 206 Å². The van der Waals surface area contributed by atoms with Crippen molar-refractivity contribution in [2.45, 2.75) is 19.4 Å². The number of halogens is 2. The number of amides is 2. The van der Waals surface area contributed by atoms with Crippen LogP contribution in [0, 0.1) is 12.7 Å². The molecule has 1 unspecified atom stereocenters. The van der Waals surface area contributed by atoms with Crippen LogP contribution in [0.1, 0.15) is 21.8 Å². The first-order chi connectivity index (χ1) is 16.4. The zero-order valence-corrected chi connectivity index (χ0v) is 20.3. The van der Waals surface area contributed by atoms with Gasteiger partial charge in [-0.1, -0.05) is 17.7 Å². The van der Waals surface area contributed by atoms with Crippen molar-refractivity contribution < 1.29 is 14.0 Å². The molecule has 0 saturated carbocycles. The van der Waals surface area contributed by atoms with E-state index in [2.05, 4.69) is 9.88 Å². The molecule has 9 heteroatoms. The second-order valence-electron chi connectivity index (χ2n) is 8.69. The summed E-state index contributed by atoms with van der Waals surface area (Å²) in [5, 5.41) is 2.94. The van der Waals surface area contributed by atoms with Gasteiger partial charge in [-0.25, -0.2) is 9.37 Å². The van der Waals surface area contributed by atoms with Gasteiger partial charge < -0.3 is 9.80 Å². The number of nitrogens with zero attached hydrogens (tertiary/aromatic N) is 4. The quantitative estimate of drug-likeness (QED) is 0.532. The number of aryl methyl sites for hydroxylation is 1. The van der Waals surface area contributed by atoms with Crippen molar-refractivity contribution >= 4 is 40.4 Å². The Kier molecular flexibility index (Phi) is 6.38. The number of hydrogen-bond donors (Lipinski definition) is 0. The van der Waals surface area contributed by atoms with E-state index in [9.17, 15) is 14.0 Å². The molecular formula is C25H24ClFN4O2S. The zero-order chi connectivity index (χ0) is 23.8. The fourth-order valence-electron chi connectivity index (χ4n) is 4.77. The number of carbonyl (C=O) groups excluding carboxylic acids is 2. The van der Waals surface area contributed by atoms with E-state index in [0.717, 1.165) is 16.7 Å². The average molecular weight is 499 g/mol. The van der Waals surface area contributed by atoms with Crippen molar-refractivity contribution in [2.75, 3.05) is 37.6 Å². The van der Waals surface area contributed by atoms with Crippen molar-refractivity contribution in [1.82, 2.24) is 14.8 Å². The van der Waals surface area contributed by atoms with Gasteiger partial charge in [0.05, 0.1) is 0 Å². The molecule has 2 aromatic carbocycles. The molecule has 5 rings (SSSR count). The molecule has 0 radical (unpaired) electrons. The van der Waals surface area contributed by atoms with Crippen LogP contribution in [0.4, 0.5) is 10.1 Å². The van der Waals surface area contributed by atoms with Crippen molar-refractivity contribution in [3.05, 3.63) is 69.4 Å². The zero-order valence-electron chi connectivity index (χ0n) is 18.7. The molecule has 2 aliphatic rings. The summed E-state index contributed by atoms with van der Waals surface area (Å²) < 4.78 is 14.6. The average Bonchev–Trinajstić information content (AvgIpc) is 3.48. The third kappa shape index (κ3) is 4.58. The predicted molar refractivity (Wildman–Crippen MR) is 132 cm³/mol. The third-order valence-corrected chi connectivity index (χ3v) is 7.53. The van der Waals surface area contributed by atoms with Gasteiger partial charge in [-0.2, -0.15) is 0 Å². The smallest absolute Gasteiger partial charge is 0.282 e. The molecule has 2 aliphatic heterocycles. The molecule has 1 atom stereocenters. The number of anilines is 1. The highest BCUT2D eigenvalue weighted by molar-refractivity contribution is 7.11. The molecule has 6 nitrogen and oxygen atoms in total. The van der Waals surface area contributed by atoms with E-state index >= 15 is 0 Å². The van der Waals surface area contributed by atoms with Gasteiger partial charge in [0.2, 0.25) is 5.91 Å². The Morgan fingerprint density at radius 3 is 2.65 bits per heavy atom. The van der Waals surface area contributed by atoms with Crippen molar-refractivity contribution in [2.24, 2.45) is 0 Å². The number of carbonyl (C=O) groups is 2. The van der Waals surface area contributed by atoms with Gasteiger partial charge in [0.1, 0.15) is 5.82 Å². The topological polar surface area (TPSA) is 56.8 Å². The lowest BCUT2D eigenvalue weighted by Crippen LogP contribution is -2.52. The van der Waals surface area contributed by atoms with Gasteiger partial charge in [-0.05, 0) is 53.9 Å². The van der Waals surface area contributed by atoms with Crippen LogP contribution in [0.15, 0.2) is 48.0 Å². The van der Waals surface area contributed by atoms with E-state index in [1.54, 1.807) is 22.5 Å². The maximum absolute atomic E-state index is 14.6. The van der Waals surface area contributed by atoms with Gasteiger partial charge in [0.25, 0.3) is 5.91 Å². The van der Waals surface area contributed by atoms with Crippen LogP contribution in [0.5, 0.6) is 0 Å². The molecule has 1 aromatic heterocycles. The van der Waals surface area contributed by atoms with Crippen LogP contribution in [0.3, 0.4) is 0 Å². The highest BCUT2D eigenvalue weighted by Crippen LogP contribution is 2.32. The van der Waals surface area contributed by atoms with Crippen molar-refractivity contribution in [3.63, 3.8) is 0 Å². The summed E-state index contributed by atoms with van der Waals surface area (Å²) in [6.45, 7) is 5.03. The second-order valence-corrected chi connectivity index (χ2v) is 10.0. The van der Waals surface area contributed by atoms with Crippen LogP contribution < -0.4 is 4.90 Å². The molecule has 0 spiro atoms. The molecule has 2 amide bonds. The molecule has 2 saturated heterocycles. The summed E-state index contributed by atoms with van der Waals surface area (Å²) in [7, 11) is 0. The Hall–Kier alpha value is -2.81. The summed E-state index contributed by atoms with van der Waals surface area (Å²) >= 11 is 7.42. The van der Waals surface area contributed by atoms with E-state index in [0.29, 0.717) is 54.9 Å². The second kappa shape index (κ2) is 9.44. The largest absolute Gasteiger partial charge is 0.334 e. The number of aromatic nitrogens is 1. The number of thiazole rings is 1. The van der Waals surface area contributed by atoms with Crippen LogP contribution in [-0.2, 0) is 4.79 Å². The number of hydrogen-bond acceptors (Lipinski definition) is 5. The van der Waals surface area contributed by atoms with Crippen LogP contribution >= 0.6 is 22.9 Å². The van der Waals surface area contributed by atoms with Gasteiger partial charge in [0.15, 0.2) is 5.01 Å². The van der Waals surface area contributed by atoms with Crippen LogP contribution in [-0.4, -0.2) is 65.4 Å². The lowest BCUT2D eigenvalue weighted by molar-refractivity contribution is -0.117. The molecular weight excluding hydrogens is 475 g/mol. The molecule has 2 fully saturated rings. The Morgan fingerprint density at radius 1 is 1.15 bits per heavy atom. The Bertz CT molecular complexity index is 1230. The fraction of sp³-hybridized carbons (Fsp3) is 0.320. The summed E-state index contributed by atoms with van der Waals surface area (Å²) in [5.41, 5.74) is 3.11. The van der Waals surface area contributed by atoms with Crippen molar-refractivity contribution in [1.29, 1.82) is 0 Å². The van der Waals surface area contributed by atoms with Gasteiger partial charge in [-0.3, -0.25) is 14.5 Å². The van der Waals surface area contributed by atoms with Crippen molar-refractivity contribution in [3.8, 4) is 11.1 Å². The third-order valence-electron chi connectivity index (χ3n) is 6.53. The number of piperazine rings is 1. The molecule has 3 aromatic rings. The SMILES string of the molecule is Cc1cc(Cl)ccc1-c1cc(F)cc(N2CC(N3CCN(C(=O)c4nccs4)CC3)CC2=O)c1. The first-order valence-electron chi connectivity index (χ1n) is 11.2. The van der Waals surface area contributed by atoms with Gasteiger partial charge >= 0.3 is 0 Å². The van der Waals surface area contributed by atoms with Gasteiger partial charge in [0, 0.05) is 67.5 Å². The maximum atomic E-state index is 14.6. The minimum Gasteiger partial charge on any atom is -0.334 e. The molecule has 0 aliphatic carbocycles. The van der Waals surface area contributed by atoms with E-state index in [4.69, 9.17) is 11.6 Å². The Balaban J connectivity index is 1.28.